The number of ether oxygens (including phenoxy) is 1. The zero-order chi connectivity index (χ0) is 12.3. The molecule has 2 rings (SSSR count). The summed E-state index contributed by atoms with van der Waals surface area (Å²) in [5, 5.41) is 0.970. The largest absolute Gasteiger partial charge is 0.472 e. The third kappa shape index (κ3) is 3.09. The van der Waals surface area contributed by atoms with Gasteiger partial charge in [0.05, 0.1) is 0 Å². The molecule has 0 fully saturated rings. The highest BCUT2D eigenvalue weighted by atomic mass is 79.9. The van der Waals surface area contributed by atoms with Gasteiger partial charge >= 0.3 is 0 Å². The minimum absolute atomic E-state index is 0.314. The second-order valence-electron chi connectivity index (χ2n) is 3.16. The van der Waals surface area contributed by atoms with Crippen LogP contribution in [0.4, 0.5) is 0 Å². The number of hydrogen-bond acceptors (Lipinski definition) is 3. The van der Waals surface area contributed by atoms with Gasteiger partial charge in [0.15, 0.2) is 5.15 Å². The molecule has 0 saturated heterocycles. The molecule has 0 N–H and O–H groups in total. The number of halogens is 3. The summed E-state index contributed by atoms with van der Waals surface area (Å²) in [7, 11) is 0. The second kappa shape index (κ2) is 5.67. The molecule has 0 unspecified atom stereocenters. The van der Waals surface area contributed by atoms with Crippen molar-refractivity contribution in [3.8, 4) is 5.88 Å². The monoisotopic (exact) mass is 332 g/mol. The van der Waals surface area contributed by atoms with E-state index in [1.165, 1.54) is 6.33 Å². The lowest BCUT2D eigenvalue weighted by atomic mass is 10.2. The van der Waals surface area contributed by atoms with Crippen LogP contribution in [0.15, 0.2) is 35.1 Å². The molecule has 6 heteroatoms. The van der Waals surface area contributed by atoms with Gasteiger partial charge in [-0.15, -0.1) is 0 Å². The number of benzene rings is 1. The zero-order valence-corrected chi connectivity index (χ0v) is 11.6. The maximum Gasteiger partial charge on any atom is 0.233 e. The van der Waals surface area contributed by atoms with Crippen molar-refractivity contribution in [3.05, 3.63) is 50.8 Å². The van der Waals surface area contributed by atoms with Crippen LogP contribution in [-0.2, 0) is 6.61 Å². The van der Waals surface area contributed by atoms with Gasteiger partial charge < -0.3 is 4.74 Å². The molecular weight excluding hydrogens is 327 g/mol. The average molecular weight is 334 g/mol. The number of aromatic nitrogens is 2. The van der Waals surface area contributed by atoms with E-state index < -0.39 is 0 Å². The minimum atomic E-state index is 0.314. The van der Waals surface area contributed by atoms with Gasteiger partial charge in [0, 0.05) is 10.6 Å². The lowest BCUT2D eigenvalue weighted by Gasteiger charge is -2.08. The van der Waals surface area contributed by atoms with E-state index in [0.29, 0.717) is 27.1 Å². The first-order valence-corrected chi connectivity index (χ1v) is 6.25. The molecule has 3 nitrogen and oxygen atoms in total. The summed E-state index contributed by atoms with van der Waals surface area (Å²) in [6.45, 7) is 0.325. The van der Waals surface area contributed by atoms with Crippen molar-refractivity contribution >= 4 is 39.1 Å². The first-order chi connectivity index (χ1) is 8.18. The first kappa shape index (κ1) is 12.6. The van der Waals surface area contributed by atoms with Gasteiger partial charge in [-0.05, 0) is 22.0 Å². The van der Waals surface area contributed by atoms with E-state index in [9.17, 15) is 0 Å². The minimum Gasteiger partial charge on any atom is -0.472 e. The van der Waals surface area contributed by atoms with E-state index >= 15 is 0 Å². The molecule has 0 bridgehead atoms. The van der Waals surface area contributed by atoms with Crippen molar-refractivity contribution in [2.75, 3.05) is 0 Å². The van der Waals surface area contributed by atoms with E-state index in [1.807, 2.05) is 24.3 Å². The molecule has 1 aromatic carbocycles. The fraction of sp³-hybridized carbons (Fsp3) is 0.0909. The molecule has 0 amide bonds. The van der Waals surface area contributed by atoms with Crippen LogP contribution in [0.3, 0.4) is 0 Å². The molecule has 0 aliphatic rings. The second-order valence-corrected chi connectivity index (χ2v) is 4.72. The standard InChI is InChI=1S/C11H7BrCl2N2O/c12-9-10(14)15-6-16-11(9)17-5-7-3-1-2-4-8(7)13/h1-4,6H,5H2. The summed E-state index contributed by atoms with van der Waals surface area (Å²) in [4.78, 5) is 7.79. The van der Waals surface area contributed by atoms with Gasteiger partial charge in [-0.3, -0.25) is 0 Å². The third-order valence-corrected chi connectivity index (χ3v) is 3.64. The third-order valence-electron chi connectivity index (χ3n) is 2.04. The fourth-order valence-electron chi connectivity index (χ4n) is 1.20. The lowest BCUT2D eigenvalue weighted by Crippen LogP contribution is -1.99. The summed E-state index contributed by atoms with van der Waals surface area (Å²) in [6, 6.07) is 7.46. The normalized spacial score (nSPS) is 10.3. The van der Waals surface area contributed by atoms with Crippen molar-refractivity contribution in [2.24, 2.45) is 0 Å². The van der Waals surface area contributed by atoms with Gasteiger partial charge in [-0.25, -0.2) is 9.97 Å². The SMILES string of the molecule is Clc1ccccc1COc1ncnc(Cl)c1Br. The van der Waals surface area contributed by atoms with Crippen LogP contribution in [0.2, 0.25) is 10.2 Å². The average Bonchev–Trinajstić information content (AvgIpc) is 2.33. The predicted molar refractivity (Wildman–Crippen MR) is 70.5 cm³/mol. The summed E-state index contributed by atoms with van der Waals surface area (Å²) < 4.78 is 6.05. The maximum atomic E-state index is 6.01. The summed E-state index contributed by atoms with van der Waals surface area (Å²) in [5.74, 6) is 0.393. The molecule has 88 valence electrons. The molecule has 0 atom stereocenters. The predicted octanol–water partition coefficient (Wildman–Crippen LogP) is 4.12. The summed E-state index contributed by atoms with van der Waals surface area (Å²) >= 11 is 15.1. The van der Waals surface area contributed by atoms with E-state index in [2.05, 4.69) is 25.9 Å². The first-order valence-electron chi connectivity index (χ1n) is 4.70. The van der Waals surface area contributed by atoms with Crippen molar-refractivity contribution in [3.63, 3.8) is 0 Å². The molecule has 17 heavy (non-hydrogen) atoms. The van der Waals surface area contributed by atoms with Gasteiger partial charge in [-0.1, -0.05) is 41.4 Å². The Balaban J connectivity index is 2.13. The number of nitrogens with zero attached hydrogens (tertiary/aromatic N) is 2. The Morgan fingerprint density at radius 1 is 1.18 bits per heavy atom. The highest BCUT2D eigenvalue weighted by Crippen LogP contribution is 2.28. The maximum absolute atomic E-state index is 6.01. The highest BCUT2D eigenvalue weighted by Gasteiger charge is 2.08. The molecular formula is C11H7BrCl2N2O. The molecule has 2 aromatic rings. The Kier molecular flexibility index (Phi) is 4.20. The van der Waals surface area contributed by atoms with Gasteiger partial charge in [0.2, 0.25) is 5.88 Å². The Morgan fingerprint density at radius 3 is 2.71 bits per heavy atom. The van der Waals surface area contributed by atoms with E-state index in [0.717, 1.165) is 5.56 Å². The van der Waals surface area contributed by atoms with E-state index in [4.69, 9.17) is 27.9 Å². The number of rotatable bonds is 3. The van der Waals surface area contributed by atoms with E-state index in [1.54, 1.807) is 0 Å². The van der Waals surface area contributed by atoms with Crippen LogP contribution in [0, 0.1) is 0 Å². The van der Waals surface area contributed by atoms with Crippen LogP contribution in [-0.4, -0.2) is 9.97 Å². The Bertz CT molecular complexity index is 537. The highest BCUT2D eigenvalue weighted by molar-refractivity contribution is 9.10. The van der Waals surface area contributed by atoms with Crippen molar-refractivity contribution in [2.45, 2.75) is 6.61 Å². The molecule has 0 aliphatic carbocycles. The Labute approximate surface area is 117 Å². The Hall–Kier alpha value is -0.840. The van der Waals surface area contributed by atoms with Gasteiger partial charge in [0.25, 0.3) is 0 Å². The van der Waals surface area contributed by atoms with Crippen LogP contribution in [0.1, 0.15) is 5.56 Å². The lowest BCUT2D eigenvalue weighted by molar-refractivity contribution is 0.291. The molecule has 0 aliphatic heterocycles. The smallest absolute Gasteiger partial charge is 0.233 e. The Morgan fingerprint density at radius 2 is 1.94 bits per heavy atom. The van der Waals surface area contributed by atoms with Crippen LogP contribution < -0.4 is 4.74 Å². The zero-order valence-electron chi connectivity index (χ0n) is 8.53. The van der Waals surface area contributed by atoms with E-state index in [-0.39, 0.29) is 0 Å². The molecule has 0 radical (unpaired) electrons. The van der Waals surface area contributed by atoms with Crippen molar-refractivity contribution in [1.82, 2.24) is 9.97 Å². The van der Waals surface area contributed by atoms with Crippen LogP contribution in [0.25, 0.3) is 0 Å². The van der Waals surface area contributed by atoms with Gasteiger partial charge in [0.1, 0.15) is 17.4 Å². The quantitative estimate of drug-likeness (QED) is 0.792. The van der Waals surface area contributed by atoms with Crippen LogP contribution >= 0.6 is 39.1 Å². The fourth-order valence-corrected chi connectivity index (χ4v) is 1.83. The molecule has 1 heterocycles. The van der Waals surface area contributed by atoms with Crippen LogP contribution in [0.5, 0.6) is 5.88 Å². The van der Waals surface area contributed by atoms with Gasteiger partial charge in [-0.2, -0.15) is 0 Å². The summed E-state index contributed by atoms with van der Waals surface area (Å²) in [5.41, 5.74) is 0.885. The van der Waals surface area contributed by atoms with Crippen molar-refractivity contribution in [1.29, 1.82) is 0 Å². The number of hydrogen-bond donors (Lipinski definition) is 0. The topological polar surface area (TPSA) is 35.0 Å². The van der Waals surface area contributed by atoms with Crippen molar-refractivity contribution < 1.29 is 4.74 Å². The molecule has 1 aromatic heterocycles. The molecule has 0 spiro atoms. The summed E-state index contributed by atoms with van der Waals surface area (Å²) in [6.07, 6.45) is 1.34. The molecule has 0 saturated carbocycles.